The molecule has 3 aromatic carbocycles. The molecule has 0 aromatic heterocycles. The van der Waals surface area contributed by atoms with E-state index in [2.05, 4.69) is 65.4 Å². The summed E-state index contributed by atoms with van der Waals surface area (Å²) < 4.78 is 10.9. The highest BCUT2D eigenvalue weighted by Gasteiger charge is 2.29. The summed E-state index contributed by atoms with van der Waals surface area (Å²) in [6.07, 6.45) is 3.33. The summed E-state index contributed by atoms with van der Waals surface area (Å²) in [6.45, 7) is 6.23. The van der Waals surface area contributed by atoms with Gasteiger partial charge in [-0.25, -0.2) is 0 Å². The van der Waals surface area contributed by atoms with Gasteiger partial charge in [0.15, 0.2) is 0 Å². The SMILES string of the molecule is CCc1ccc(CN2CCC(N3Cc4cc(OC)ccc4C(c4ccc(OC)cc4)=N3)CC2)cc1. The van der Waals surface area contributed by atoms with Gasteiger partial charge < -0.3 is 9.47 Å². The van der Waals surface area contributed by atoms with Crippen molar-refractivity contribution < 1.29 is 9.47 Å². The Hall–Kier alpha value is -3.31. The molecule has 0 atom stereocenters. The van der Waals surface area contributed by atoms with E-state index in [1.54, 1.807) is 14.2 Å². The van der Waals surface area contributed by atoms with Gasteiger partial charge in [0.25, 0.3) is 0 Å². The van der Waals surface area contributed by atoms with E-state index in [1.807, 2.05) is 18.2 Å². The molecule has 2 aliphatic rings. The first-order chi connectivity index (χ1) is 17.2. The van der Waals surface area contributed by atoms with Gasteiger partial charge in [0.1, 0.15) is 11.5 Å². The monoisotopic (exact) mass is 469 g/mol. The summed E-state index contributed by atoms with van der Waals surface area (Å²) in [6, 6.07) is 24.1. The number of hydrogen-bond acceptors (Lipinski definition) is 5. The van der Waals surface area contributed by atoms with Gasteiger partial charge in [-0.2, -0.15) is 5.10 Å². The Morgan fingerprint density at radius 2 is 1.49 bits per heavy atom. The zero-order valence-corrected chi connectivity index (χ0v) is 21.0. The largest absolute Gasteiger partial charge is 0.497 e. The lowest BCUT2D eigenvalue weighted by molar-refractivity contribution is 0.100. The Balaban J connectivity index is 1.33. The topological polar surface area (TPSA) is 37.3 Å². The van der Waals surface area contributed by atoms with E-state index in [1.165, 1.54) is 22.3 Å². The third-order valence-electron chi connectivity index (χ3n) is 7.31. The third-order valence-corrected chi connectivity index (χ3v) is 7.31. The van der Waals surface area contributed by atoms with Gasteiger partial charge in [-0.1, -0.05) is 31.2 Å². The highest BCUT2D eigenvalue weighted by atomic mass is 16.5. The van der Waals surface area contributed by atoms with Crippen molar-refractivity contribution in [2.45, 2.75) is 45.3 Å². The van der Waals surface area contributed by atoms with Crippen molar-refractivity contribution in [2.24, 2.45) is 5.10 Å². The highest BCUT2D eigenvalue weighted by molar-refractivity contribution is 6.14. The lowest BCUT2D eigenvalue weighted by Gasteiger charge is -2.39. The zero-order chi connectivity index (χ0) is 24.2. The summed E-state index contributed by atoms with van der Waals surface area (Å²) in [5, 5.41) is 7.52. The number of benzene rings is 3. The van der Waals surface area contributed by atoms with Crippen molar-refractivity contribution in [1.29, 1.82) is 0 Å². The van der Waals surface area contributed by atoms with Crippen molar-refractivity contribution in [3.8, 4) is 11.5 Å². The number of methoxy groups -OCH3 is 2. The van der Waals surface area contributed by atoms with Crippen LogP contribution >= 0.6 is 0 Å². The van der Waals surface area contributed by atoms with Crippen LogP contribution in [0.5, 0.6) is 11.5 Å². The van der Waals surface area contributed by atoms with Crippen LogP contribution in [0.4, 0.5) is 0 Å². The van der Waals surface area contributed by atoms with Gasteiger partial charge in [-0.05, 0) is 78.4 Å². The van der Waals surface area contributed by atoms with Gasteiger partial charge >= 0.3 is 0 Å². The van der Waals surface area contributed by atoms with E-state index in [0.29, 0.717) is 6.04 Å². The standard InChI is InChI=1S/C30H35N3O2/c1-4-22-5-7-23(8-6-22)20-32-17-15-26(16-18-32)33-21-25-19-28(35-3)13-14-29(25)30(31-33)24-9-11-27(34-2)12-10-24/h5-14,19,26H,4,15-18,20-21H2,1-3H3. The second-order valence-electron chi connectivity index (χ2n) is 9.48. The van der Waals surface area contributed by atoms with E-state index in [4.69, 9.17) is 14.6 Å². The Morgan fingerprint density at radius 3 is 2.14 bits per heavy atom. The molecule has 5 nitrogen and oxygen atoms in total. The molecule has 35 heavy (non-hydrogen) atoms. The molecule has 0 saturated carbocycles. The maximum Gasteiger partial charge on any atom is 0.119 e. The number of ether oxygens (including phenoxy) is 2. The van der Waals surface area contributed by atoms with E-state index >= 15 is 0 Å². The number of piperidine rings is 1. The molecule has 0 unspecified atom stereocenters. The normalized spacial score (nSPS) is 16.5. The lowest BCUT2D eigenvalue weighted by Crippen LogP contribution is -2.44. The fraction of sp³-hybridized carbons (Fsp3) is 0.367. The molecule has 5 heteroatoms. The quantitative estimate of drug-likeness (QED) is 0.458. The average molecular weight is 470 g/mol. The average Bonchev–Trinajstić information content (AvgIpc) is 2.93. The van der Waals surface area contributed by atoms with Crippen LogP contribution < -0.4 is 9.47 Å². The van der Waals surface area contributed by atoms with Gasteiger partial charge in [0, 0.05) is 36.8 Å². The minimum atomic E-state index is 0.432. The van der Waals surface area contributed by atoms with E-state index in [0.717, 1.165) is 68.2 Å². The number of hydrogen-bond donors (Lipinski definition) is 0. The molecule has 182 valence electrons. The molecule has 1 saturated heterocycles. The maximum absolute atomic E-state index is 5.54. The molecule has 0 amide bonds. The summed E-state index contributed by atoms with van der Waals surface area (Å²) >= 11 is 0. The van der Waals surface area contributed by atoms with Crippen LogP contribution in [0.25, 0.3) is 0 Å². The molecule has 0 bridgehead atoms. The molecule has 5 rings (SSSR count). The summed E-state index contributed by atoms with van der Waals surface area (Å²) in [4.78, 5) is 2.58. The third kappa shape index (κ3) is 5.20. The number of nitrogens with zero attached hydrogens (tertiary/aromatic N) is 3. The van der Waals surface area contributed by atoms with Crippen LogP contribution in [-0.2, 0) is 19.5 Å². The Bertz CT molecular complexity index is 1160. The number of hydrazone groups is 1. The molecule has 0 aliphatic carbocycles. The summed E-state index contributed by atoms with van der Waals surface area (Å²) in [7, 11) is 3.43. The number of rotatable bonds is 7. The smallest absolute Gasteiger partial charge is 0.119 e. The predicted molar refractivity (Wildman–Crippen MR) is 141 cm³/mol. The minimum absolute atomic E-state index is 0.432. The molecule has 2 aliphatic heterocycles. The van der Waals surface area contributed by atoms with Crippen LogP contribution in [-0.4, -0.2) is 49.0 Å². The van der Waals surface area contributed by atoms with E-state index in [9.17, 15) is 0 Å². The first-order valence-corrected chi connectivity index (χ1v) is 12.6. The maximum atomic E-state index is 5.54. The van der Waals surface area contributed by atoms with Crippen LogP contribution in [0.15, 0.2) is 71.8 Å². The van der Waals surface area contributed by atoms with Crippen LogP contribution in [0.1, 0.15) is 47.6 Å². The van der Waals surface area contributed by atoms with Crippen LogP contribution in [0.2, 0.25) is 0 Å². The lowest BCUT2D eigenvalue weighted by atomic mass is 9.94. The van der Waals surface area contributed by atoms with Crippen LogP contribution in [0.3, 0.4) is 0 Å². The van der Waals surface area contributed by atoms with E-state index in [-0.39, 0.29) is 0 Å². The Morgan fingerprint density at radius 1 is 0.829 bits per heavy atom. The molecular weight excluding hydrogens is 434 g/mol. The first kappa shape index (κ1) is 23.4. The predicted octanol–water partition coefficient (Wildman–Crippen LogP) is 5.50. The van der Waals surface area contributed by atoms with Gasteiger partial charge in [0.05, 0.1) is 26.5 Å². The van der Waals surface area contributed by atoms with Gasteiger partial charge in [-0.3, -0.25) is 9.91 Å². The fourth-order valence-electron chi connectivity index (χ4n) is 5.14. The summed E-state index contributed by atoms with van der Waals surface area (Å²) in [5.41, 5.74) is 7.38. The molecule has 1 fully saturated rings. The molecule has 0 N–H and O–H groups in total. The minimum Gasteiger partial charge on any atom is -0.497 e. The first-order valence-electron chi connectivity index (χ1n) is 12.6. The molecule has 2 heterocycles. The van der Waals surface area contributed by atoms with Crippen LogP contribution in [0, 0.1) is 0 Å². The van der Waals surface area contributed by atoms with E-state index < -0.39 is 0 Å². The highest BCUT2D eigenvalue weighted by Crippen LogP contribution is 2.30. The number of fused-ring (bicyclic) bond motifs is 1. The van der Waals surface area contributed by atoms with Crippen molar-refractivity contribution in [2.75, 3.05) is 27.3 Å². The van der Waals surface area contributed by atoms with Crippen molar-refractivity contribution in [3.63, 3.8) is 0 Å². The van der Waals surface area contributed by atoms with Crippen molar-refractivity contribution in [1.82, 2.24) is 9.91 Å². The van der Waals surface area contributed by atoms with Crippen molar-refractivity contribution in [3.05, 3.63) is 94.5 Å². The van der Waals surface area contributed by atoms with Gasteiger partial charge in [-0.15, -0.1) is 0 Å². The second-order valence-corrected chi connectivity index (χ2v) is 9.48. The zero-order valence-electron chi connectivity index (χ0n) is 21.0. The second kappa shape index (κ2) is 10.5. The number of likely N-dealkylation sites (tertiary alicyclic amines) is 1. The Labute approximate surface area is 209 Å². The molecule has 3 aromatic rings. The number of aryl methyl sites for hydroxylation is 1. The Kier molecular flexibility index (Phi) is 7.05. The molecule has 0 spiro atoms. The van der Waals surface area contributed by atoms with Gasteiger partial charge in [0.2, 0.25) is 0 Å². The summed E-state index contributed by atoms with van der Waals surface area (Å²) in [5.74, 6) is 1.75. The van der Waals surface area contributed by atoms with Crippen molar-refractivity contribution >= 4 is 5.71 Å². The fourth-order valence-corrected chi connectivity index (χ4v) is 5.14. The molecule has 0 radical (unpaired) electrons. The molecular formula is C30H35N3O2.